The number of hydrogen-bond acceptors (Lipinski definition) is 5. The highest BCUT2D eigenvalue weighted by Gasteiger charge is 2.46. The summed E-state index contributed by atoms with van der Waals surface area (Å²) in [6.45, 7) is 0.0908. The fraction of sp³-hybridized carbons (Fsp3) is 0.182. The van der Waals surface area contributed by atoms with Gasteiger partial charge in [-0.1, -0.05) is 59.8 Å². The van der Waals surface area contributed by atoms with Gasteiger partial charge in [-0.05, 0) is 17.0 Å². The van der Waals surface area contributed by atoms with Gasteiger partial charge >= 0.3 is 5.97 Å². The van der Waals surface area contributed by atoms with Gasteiger partial charge in [-0.15, -0.1) is 0 Å². The number of carboxylic acids is 1. The molecule has 2 aromatic carbocycles. The Morgan fingerprint density at radius 3 is 2.62 bits per heavy atom. The number of nitrogens with one attached hydrogen (secondary N) is 1. The zero-order valence-corrected chi connectivity index (χ0v) is 15.5. The van der Waals surface area contributed by atoms with Crippen molar-refractivity contribution in [3.8, 4) is 0 Å². The van der Waals surface area contributed by atoms with Gasteiger partial charge in [-0.3, -0.25) is 9.78 Å². The molecule has 1 aromatic heterocycles. The molecule has 0 radical (unpaired) electrons. The number of hydrogen-bond donors (Lipinski definition) is 2. The van der Waals surface area contributed by atoms with E-state index in [9.17, 15) is 14.7 Å². The smallest absolute Gasteiger partial charge is 0.351 e. The SMILES string of the molecule is O=C(NCC1=NOC(Cc2ccccc2)(C(=O)O)C1)c1nccc2ccccc12. The minimum absolute atomic E-state index is 0.0908. The molecule has 1 amide bonds. The van der Waals surface area contributed by atoms with E-state index in [2.05, 4.69) is 15.5 Å². The Balaban J connectivity index is 1.44. The fourth-order valence-corrected chi connectivity index (χ4v) is 3.42. The number of nitrogens with zero attached hydrogens (tertiary/aromatic N) is 2. The Bertz CT molecular complexity index is 1090. The van der Waals surface area contributed by atoms with E-state index in [1.165, 1.54) is 0 Å². The zero-order chi connectivity index (χ0) is 20.3. The zero-order valence-electron chi connectivity index (χ0n) is 15.5. The van der Waals surface area contributed by atoms with Crippen molar-refractivity contribution in [2.45, 2.75) is 18.4 Å². The van der Waals surface area contributed by atoms with Gasteiger partial charge in [0, 0.05) is 24.4 Å². The van der Waals surface area contributed by atoms with Crippen molar-refractivity contribution in [2.75, 3.05) is 6.54 Å². The van der Waals surface area contributed by atoms with E-state index >= 15 is 0 Å². The molecule has 0 saturated carbocycles. The Morgan fingerprint density at radius 2 is 1.83 bits per heavy atom. The molecule has 7 heteroatoms. The van der Waals surface area contributed by atoms with Gasteiger partial charge in [0.25, 0.3) is 5.91 Å². The molecular weight excluding hydrogens is 370 g/mol. The third-order valence-corrected chi connectivity index (χ3v) is 4.90. The molecule has 0 bridgehead atoms. The van der Waals surface area contributed by atoms with E-state index in [0.717, 1.165) is 16.3 Å². The number of aliphatic carboxylic acids is 1. The minimum atomic E-state index is -1.46. The summed E-state index contributed by atoms with van der Waals surface area (Å²) in [6.07, 6.45) is 1.87. The van der Waals surface area contributed by atoms with Gasteiger partial charge in [0.15, 0.2) is 0 Å². The lowest BCUT2D eigenvalue weighted by atomic mass is 9.90. The van der Waals surface area contributed by atoms with Crippen molar-refractivity contribution < 1.29 is 19.5 Å². The third kappa shape index (κ3) is 3.80. The standard InChI is InChI=1S/C22H19N3O4/c26-20(19-18-9-5-4-8-16(18)10-11-23-19)24-14-17-13-22(21(27)28,29-25-17)12-15-6-2-1-3-7-15/h1-11H,12-14H2,(H,24,26)(H,27,28). The lowest BCUT2D eigenvalue weighted by Gasteiger charge is -2.21. The van der Waals surface area contributed by atoms with Crippen molar-refractivity contribution in [3.05, 3.63) is 78.1 Å². The van der Waals surface area contributed by atoms with Gasteiger partial charge in [-0.2, -0.15) is 0 Å². The summed E-state index contributed by atoms with van der Waals surface area (Å²) >= 11 is 0. The fourth-order valence-electron chi connectivity index (χ4n) is 3.42. The average Bonchev–Trinajstić information content (AvgIpc) is 3.16. The van der Waals surface area contributed by atoms with E-state index in [0.29, 0.717) is 11.4 Å². The summed E-state index contributed by atoms with van der Waals surface area (Å²) in [5.41, 5.74) is 0.169. The van der Waals surface area contributed by atoms with Crippen molar-refractivity contribution in [1.29, 1.82) is 0 Å². The maximum absolute atomic E-state index is 12.6. The van der Waals surface area contributed by atoms with Gasteiger partial charge < -0.3 is 15.3 Å². The first-order valence-electron chi connectivity index (χ1n) is 9.21. The number of aromatic nitrogens is 1. The minimum Gasteiger partial charge on any atom is -0.478 e. The van der Waals surface area contributed by atoms with Crippen molar-refractivity contribution in [2.24, 2.45) is 5.16 Å². The molecule has 0 aliphatic carbocycles. The first-order valence-corrected chi connectivity index (χ1v) is 9.21. The van der Waals surface area contributed by atoms with E-state index in [1.54, 1.807) is 6.20 Å². The Labute approximate surface area is 167 Å². The summed E-state index contributed by atoms with van der Waals surface area (Å²) in [4.78, 5) is 34.0. The normalized spacial score (nSPS) is 18.1. The maximum Gasteiger partial charge on any atom is 0.351 e. The van der Waals surface area contributed by atoms with Crippen LogP contribution in [0.3, 0.4) is 0 Å². The van der Waals surface area contributed by atoms with Gasteiger partial charge in [-0.25, -0.2) is 4.79 Å². The Kier molecular flexibility index (Phi) is 4.95. The van der Waals surface area contributed by atoms with Crippen molar-refractivity contribution in [3.63, 3.8) is 0 Å². The number of carbonyl (C=O) groups is 2. The molecule has 0 fully saturated rings. The van der Waals surface area contributed by atoms with Crippen LogP contribution in [0.4, 0.5) is 0 Å². The monoisotopic (exact) mass is 389 g/mol. The van der Waals surface area contributed by atoms with E-state index in [4.69, 9.17) is 4.84 Å². The van der Waals surface area contributed by atoms with Crippen LogP contribution in [0.15, 0.2) is 72.0 Å². The van der Waals surface area contributed by atoms with E-state index in [-0.39, 0.29) is 25.3 Å². The largest absolute Gasteiger partial charge is 0.478 e. The molecule has 1 aliphatic heterocycles. The molecule has 4 rings (SSSR count). The summed E-state index contributed by atoms with van der Waals surface area (Å²) < 4.78 is 0. The number of pyridine rings is 1. The molecule has 0 spiro atoms. The highest BCUT2D eigenvalue weighted by atomic mass is 16.7. The summed E-state index contributed by atoms with van der Waals surface area (Å²) in [5.74, 6) is -1.43. The van der Waals surface area contributed by atoms with Crippen molar-refractivity contribution >= 4 is 28.4 Å². The number of carbonyl (C=O) groups excluding carboxylic acids is 1. The second kappa shape index (κ2) is 7.71. The first-order chi connectivity index (χ1) is 14.1. The number of fused-ring (bicyclic) bond motifs is 1. The first kappa shape index (κ1) is 18.6. The maximum atomic E-state index is 12.6. The summed E-state index contributed by atoms with van der Waals surface area (Å²) in [6, 6.07) is 18.6. The summed E-state index contributed by atoms with van der Waals surface area (Å²) in [7, 11) is 0. The Morgan fingerprint density at radius 1 is 1.07 bits per heavy atom. The number of carboxylic acid groups (broad SMARTS) is 1. The molecule has 0 saturated heterocycles. The third-order valence-electron chi connectivity index (χ3n) is 4.90. The highest BCUT2D eigenvalue weighted by molar-refractivity contribution is 6.06. The molecule has 2 heterocycles. The van der Waals surface area contributed by atoms with Crippen LogP contribution in [-0.2, 0) is 16.1 Å². The molecule has 146 valence electrons. The topological polar surface area (TPSA) is 101 Å². The summed E-state index contributed by atoms with van der Waals surface area (Å²) in [5, 5.41) is 18.1. The van der Waals surface area contributed by atoms with Crippen LogP contribution in [0, 0.1) is 0 Å². The second-order valence-electron chi connectivity index (χ2n) is 6.95. The Hall–Kier alpha value is -3.74. The number of oxime groups is 1. The lowest BCUT2D eigenvalue weighted by molar-refractivity contribution is -0.162. The lowest BCUT2D eigenvalue weighted by Crippen LogP contribution is -2.42. The number of rotatable bonds is 6. The molecule has 29 heavy (non-hydrogen) atoms. The van der Waals surface area contributed by atoms with Crippen LogP contribution in [-0.4, -0.2) is 39.8 Å². The van der Waals surface area contributed by atoms with E-state index in [1.807, 2.05) is 60.7 Å². The van der Waals surface area contributed by atoms with E-state index < -0.39 is 11.6 Å². The van der Waals surface area contributed by atoms with Crippen LogP contribution >= 0.6 is 0 Å². The molecule has 1 unspecified atom stereocenters. The number of benzene rings is 2. The van der Waals surface area contributed by atoms with Crippen molar-refractivity contribution in [1.82, 2.24) is 10.3 Å². The van der Waals surface area contributed by atoms with Crippen LogP contribution in [0.2, 0.25) is 0 Å². The molecule has 1 aliphatic rings. The predicted molar refractivity (Wildman–Crippen MR) is 108 cm³/mol. The average molecular weight is 389 g/mol. The highest BCUT2D eigenvalue weighted by Crippen LogP contribution is 2.28. The number of amides is 1. The molecule has 1 atom stereocenters. The second-order valence-corrected chi connectivity index (χ2v) is 6.95. The molecule has 2 N–H and O–H groups in total. The molecule has 7 nitrogen and oxygen atoms in total. The molecule has 3 aromatic rings. The van der Waals surface area contributed by atoms with Crippen LogP contribution in [0.25, 0.3) is 10.8 Å². The van der Waals surface area contributed by atoms with Crippen LogP contribution in [0.5, 0.6) is 0 Å². The van der Waals surface area contributed by atoms with Gasteiger partial charge in [0.05, 0.1) is 12.3 Å². The van der Waals surface area contributed by atoms with Gasteiger partial charge in [0.2, 0.25) is 5.60 Å². The quantitative estimate of drug-likeness (QED) is 0.675. The predicted octanol–water partition coefficient (Wildman–Crippen LogP) is 2.81. The van der Waals surface area contributed by atoms with Gasteiger partial charge in [0.1, 0.15) is 5.69 Å². The van der Waals surface area contributed by atoms with Crippen LogP contribution < -0.4 is 5.32 Å². The van der Waals surface area contributed by atoms with Crippen LogP contribution in [0.1, 0.15) is 22.5 Å². The molecular formula is C22H19N3O4.